The van der Waals surface area contributed by atoms with Crippen molar-refractivity contribution in [3.8, 4) is 0 Å². The van der Waals surface area contributed by atoms with Crippen LogP contribution < -0.4 is 0 Å². The van der Waals surface area contributed by atoms with Crippen molar-refractivity contribution in [2.45, 2.75) is 545 Å². The molecule has 0 amide bonds. The first-order valence-electron chi connectivity index (χ1n) is 60.4. The predicted molar refractivity (Wildman–Crippen MR) is 574 cm³/mol. The Hall–Kier alpha value is -0.450. The lowest BCUT2D eigenvalue weighted by molar-refractivity contribution is -0.177. The number of allylic oxidation sites excluding steroid dienone is 1. The number of aliphatic hydroxyl groups is 1. The van der Waals surface area contributed by atoms with Crippen LogP contribution in [0.1, 0.15) is 534 Å². The van der Waals surface area contributed by atoms with Crippen LogP contribution in [0.25, 0.3) is 0 Å². The van der Waals surface area contributed by atoms with Crippen LogP contribution in [-0.2, 0) is 0 Å². The Morgan fingerprint density at radius 2 is 0.541 bits per heavy atom. The van der Waals surface area contributed by atoms with Gasteiger partial charge in [0, 0.05) is 0 Å². The maximum atomic E-state index is 13.2. The van der Waals surface area contributed by atoms with Gasteiger partial charge in [0.05, 0.1) is 5.60 Å². The van der Waals surface area contributed by atoms with Gasteiger partial charge in [0.2, 0.25) is 0 Å². The summed E-state index contributed by atoms with van der Waals surface area (Å²) in [7, 11) is 4.52. The zero-order valence-corrected chi connectivity index (χ0v) is 95.1. The molecule has 25 fully saturated rings. The number of hydrogen-bond acceptors (Lipinski definition) is 3. The molecule has 3 nitrogen and oxygen atoms in total. The first kappa shape index (κ1) is 108. The molecule has 1 N–H and O–H groups in total. The molecule has 4 heteroatoms. The van der Waals surface area contributed by atoms with Gasteiger partial charge in [0.25, 0.3) is 0 Å². The first-order valence-corrected chi connectivity index (χ1v) is 60.4. The Balaban J connectivity index is 0.000000117. The summed E-state index contributed by atoms with van der Waals surface area (Å²) < 4.78 is 13.2. The maximum absolute atomic E-state index is 13.2. The Labute approximate surface area is 829 Å². The molecule has 0 bridgehead atoms. The third-order valence-corrected chi connectivity index (χ3v) is 47.3. The highest BCUT2D eigenvalue weighted by molar-refractivity contribution is 5.20. The van der Waals surface area contributed by atoms with Crippen molar-refractivity contribution in [2.75, 3.05) is 40.3 Å². The van der Waals surface area contributed by atoms with Gasteiger partial charge in [-0.15, -0.1) is 0 Å². The van der Waals surface area contributed by atoms with E-state index in [1.165, 1.54) is 205 Å². The summed E-state index contributed by atoms with van der Waals surface area (Å²) >= 11 is 0. The number of halogens is 1. The fourth-order valence-electron chi connectivity index (χ4n) is 36.0. The zero-order chi connectivity index (χ0) is 96.9. The van der Waals surface area contributed by atoms with Crippen LogP contribution in [0.2, 0.25) is 0 Å². The van der Waals surface area contributed by atoms with Crippen LogP contribution in [0, 0.1) is 218 Å². The monoisotopic (exact) mass is 1840 g/mol. The van der Waals surface area contributed by atoms with Gasteiger partial charge in [-0.25, -0.2) is 4.39 Å². The van der Waals surface area contributed by atoms with Crippen molar-refractivity contribution >= 4 is 0 Å². The van der Waals surface area contributed by atoms with E-state index in [1.807, 2.05) is 6.92 Å². The van der Waals surface area contributed by atoms with Crippen LogP contribution in [0.5, 0.6) is 0 Å². The highest BCUT2D eigenvalue weighted by Gasteiger charge is 2.66. The molecule has 2 heterocycles. The number of nitrogens with zero attached hydrogens (tertiary/aromatic N) is 2. The summed E-state index contributed by atoms with van der Waals surface area (Å²) in [6.45, 7) is 74.7. The highest BCUT2D eigenvalue weighted by Crippen LogP contribution is 2.76. The van der Waals surface area contributed by atoms with Gasteiger partial charge in [-0.2, -0.15) is 0 Å². The molecule has 0 radical (unpaired) electrons. The molecule has 2 aliphatic heterocycles. The van der Waals surface area contributed by atoms with E-state index in [-0.39, 0.29) is 5.60 Å². The summed E-state index contributed by atoms with van der Waals surface area (Å²) in [4.78, 5) is 4.97. The smallest absolute Gasteiger partial charge is 0.109 e. The van der Waals surface area contributed by atoms with Gasteiger partial charge in [-0.1, -0.05) is 218 Å². The molecule has 0 aromatic rings. The second kappa shape index (κ2) is 41.1. The van der Waals surface area contributed by atoms with Crippen molar-refractivity contribution in [1.29, 1.82) is 0 Å². The lowest BCUT2D eigenvalue weighted by Gasteiger charge is -2.68. The molecule has 23 aliphatic carbocycles. The number of rotatable bonds is 12. The van der Waals surface area contributed by atoms with E-state index >= 15 is 0 Å². The summed E-state index contributed by atoms with van der Waals surface area (Å²) in [5.74, 6) is 23.6. The van der Waals surface area contributed by atoms with E-state index < -0.39 is 5.67 Å². The minimum atomic E-state index is -0.818. The van der Waals surface area contributed by atoms with Gasteiger partial charge in [-0.05, 0) is 587 Å². The lowest BCUT2D eigenvalue weighted by atomic mass is 9.37. The van der Waals surface area contributed by atoms with Gasteiger partial charge in [-0.3, -0.25) is 0 Å². The summed E-state index contributed by atoms with van der Waals surface area (Å²) in [6.07, 6.45) is 77.9. The van der Waals surface area contributed by atoms with Crippen molar-refractivity contribution in [2.24, 2.45) is 218 Å². The summed E-state index contributed by atoms with van der Waals surface area (Å²) in [6, 6.07) is 0. The molecule has 2 saturated heterocycles. The lowest BCUT2D eigenvalue weighted by Crippen LogP contribution is -2.57. The second-order valence-electron chi connectivity index (χ2n) is 63.2. The van der Waals surface area contributed by atoms with E-state index in [2.05, 4.69) is 210 Å². The molecule has 0 aromatic carbocycles. The summed E-state index contributed by atoms with van der Waals surface area (Å²) in [5, 5.41) is 9.64. The van der Waals surface area contributed by atoms with E-state index in [0.29, 0.717) is 16.2 Å². The Morgan fingerprint density at radius 3 is 0.782 bits per heavy atom. The molecule has 25 rings (SSSR count). The molecule has 25 aliphatic rings. The van der Waals surface area contributed by atoms with Crippen LogP contribution in [0.3, 0.4) is 0 Å². The Bertz CT molecular complexity index is 3510. The standard InChI is InChI=1S/C13H25N.C13H22.C12H23N.C11H19F.C11H20O.C11H20.C11H18.C11H20.C10H18.2C9H16.C8H14/c1-11(2)12-4-5-13(10-12)6-8-14(3)9-7-13;1-10(2)11-6-13(7-11)8-12(9-13)4-3-5-12;1-10(2)11-8-12(9-11)4-6-13(3)7-5-12;2*1-8(2)9-4-11(5-9)6-10(3,12)7-11;2*1-8(2)10-6-11(7-10)4-9(3)5-11;1-9(2)10(3)7-11(8-10)5-4-6-11;1-8(2)9-6-10(7-9)4-3-5-10;1-7(2)8-5-9(6-8)3-4-9;1-7(2)8-6-9(8)4-3-5-9;1-6(2)7-5-8(7)3-4-8/h11-12H,4-10H2,1-3H3;10-11H,3-9H2,1-2H3;10-11H,4-9H2,1-3H3;8-9H,4-7H2,1-3H3;8-9,12H,4-7H2,1-3H3;8-10H,4-7H2,1-3H3;8,10H,3-7H2,1-2H3;9H,4-8H2,1-3H3;8-9H,3-7H2,1-2H3;2*7-8H,3-6H2,1-2H3;6-7H,3-5H2,1-2H3. The Kier molecular flexibility index (Phi) is 33.5. The van der Waals surface area contributed by atoms with Crippen LogP contribution >= 0.6 is 0 Å². The number of piperidine rings is 2. The molecule has 3 unspecified atom stereocenters. The first-order chi connectivity index (χ1) is 61.9. The molecule has 133 heavy (non-hydrogen) atoms. The molecule has 13 spiro atoms. The number of alkyl halides is 1. The summed E-state index contributed by atoms with van der Waals surface area (Å²) in [5.41, 5.74) is 11.6. The van der Waals surface area contributed by atoms with Crippen molar-refractivity contribution < 1.29 is 9.50 Å². The van der Waals surface area contributed by atoms with E-state index in [9.17, 15) is 9.50 Å². The fourth-order valence-corrected chi connectivity index (χ4v) is 36.0. The average molecular weight is 1850 g/mol. The van der Waals surface area contributed by atoms with Gasteiger partial charge >= 0.3 is 0 Å². The average Bonchev–Trinajstić information content (AvgIpc) is 1.15. The minimum Gasteiger partial charge on any atom is -0.390 e. The molecular formula is C129H231FN2O. The van der Waals surface area contributed by atoms with E-state index in [0.717, 1.165) is 227 Å². The van der Waals surface area contributed by atoms with E-state index in [1.54, 1.807) is 148 Å². The van der Waals surface area contributed by atoms with Crippen molar-refractivity contribution in [3.05, 3.63) is 12.2 Å². The van der Waals surface area contributed by atoms with Crippen LogP contribution in [0.4, 0.5) is 4.39 Å². The SMILES string of the molecule is C=C1CC2(C1)CC(C(C)C)C2.CC(C)C1(C)CC2(CCC2)C1.CC(C)C1CC12CC2.CC(C)C1CC12CCC2.CC(C)C1CC2(C1)CC(C)(F)C2.CC(C)C1CC2(C1)CC(C)(O)C2.CC(C)C1CC2(C1)CC1(CCC1)C2.CC(C)C1CC2(CC2)C1.CC(C)C1CC2(CCC2)C1.CC(C)C1CC2(CCN(C)CC2)C1.CC(C)C1CCC2(CCN(C)CC2)C1.CC1CC2(C1)CC(C(C)C)C2. The third-order valence-electron chi connectivity index (χ3n) is 47.3. The van der Waals surface area contributed by atoms with Gasteiger partial charge in [0.1, 0.15) is 5.67 Å². The van der Waals surface area contributed by atoms with Crippen LogP contribution in [0.15, 0.2) is 12.2 Å². The number of hydrogen-bond donors (Lipinski definition) is 1. The molecule has 0 aromatic heterocycles. The largest absolute Gasteiger partial charge is 0.390 e. The minimum absolute atomic E-state index is 0.318. The Morgan fingerprint density at radius 1 is 0.271 bits per heavy atom. The fraction of sp³-hybridized carbons (Fsp3) is 0.984. The maximum Gasteiger partial charge on any atom is 0.109 e. The van der Waals surface area contributed by atoms with Crippen molar-refractivity contribution in [1.82, 2.24) is 9.80 Å². The van der Waals surface area contributed by atoms with Gasteiger partial charge < -0.3 is 14.9 Å². The normalized spacial score (nSPS) is 40.5. The van der Waals surface area contributed by atoms with Crippen molar-refractivity contribution in [3.63, 3.8) is 0 Å². The van der Waals surface area contributed by atoms with Crippen LogP contribution in [-0.4, -0.2) is 66.5 Å². The third kappa shape index (κ3) is 25.8. The highest BCUT2D eigenvalue weighted by atomic mass is 19.1. The van der Waals surface area contributed by atoms with E-state index in [4.69, 9.17) is 0 Å². The topological polar surface area (TPSA) is 26.7 Å². The quantitative estimate of drug-likeness (QED) is 0.197. The number of likely N-dealkylation sites (tertiary alicyclic amines) is 2. The molecule has 23 saturated carbocycles. The zero-order valence-electron chi connectivity index (χ0n) is 95.1. The van der Waals surface area contributed by atoms with Gasteiger partial charge in [0.15, 0.2) is 0 Å². The molecular weight excluding hydrogens is 1610 g/mol. The molecule has 770 valence electrons. The second-order valence-corrected chi connectivity index (χ2v) is 63.2. The predicted octanol–water partition coefficient (Wildman–Crippen LogP) is 37.9. The molecule has 3 atom stereocenters.